The largest absolute Gasteiger partial charge is 0.496 e. The standard InChI is InChI=1S/C23H26N2O8/c1-14(26)33-13-23(28)25-18-10-15(6-8-19(18)30-3)24-22(27)9-7-17-20(31-4)11-16(29-2)12-21(17)32-5/h6-12H,13H2,1-5H3,(H,24,27)(H,25,28)/b9-7+. The fourth-order valence-electron chi connectivity index (χ4n) is 2.78. The Kier molecular flexibility index (Phi) is 9.10. The molecule has 2 aromatic rings. The molecule has 0 fully saturated rings. The van der Waals surface area contributed by atoms with Gasteiger partial charge in [0.05, 0.1) is 39.7 Å². The van der Waals surface area contributed by atoms with Gasteiger partial charge < -0.3 is 34.3 Å². The predicted octanol–water partition coefficient (Wildman–Crippen LogP) is 2.87. The number of methoxy groups -OCH3 is 4. The molecule has 0 bridgehead atoms. The lowest BCUT2D eigenvalue weighted by atomic mass is 10.1. The highest BCUT2D eigenvalue weighted by Gasteiger charge is 2.13. The summed E-state index contributed by atoms with van der Waals surface area (Å²) in [6, 6.07) is 8.06. The number of ether oxygens (including phenoxy) is 5. The Hall–Kier alpha value is -4.21. The van der Waals surface area contributed by atoms with Crippen molar-refractivity contribution in [3.05, 3.63) is 42.0 Å². The van der Waals surface area contributed by atoms with Crippen molar-refractivity contribution in [1.29, 1.82) is 0 Å². The first-order valence-electron chi connectivity index (χ1n) is 9.71. The average Bonchev–Trinajstić information content (AvgIpc) is 2.81. The van der Waals surface area contributed by atoms with Gasteiger partial charge in [0.1, 0.15) is 23.0 Å². The van der Waals surface area contributed by atoms with Crippen molar-refractivity contribution in [1.82, 2.24) is 0 Å². The summed E-state index contributed by atoms with van der Waals surface area (Å²) in [5.74, 6) is 0.298. The minimum atomic E-state index is -0.574. The van der Waals surface area contributed by atoms with Gasteiger partial charge in [-0.2, -0.15) is 0 Å². The molecule has 2 aromatic carbocycles. The Balaban J connectivity index is 2.18. The Morgan fingerprint density at radius 2 is 1.48 bits per heavy atom. The number of hydrogen-bond donors (Lipinski definition) is 2. The van der Waals surface area contributed by atoms with Gasteiger partial charge in [0.25, 0.3) is 5.91 Å². The summed E-state index contributed by atoms with van der Waals surface area (Å²) >= 11 is 0. The molecule has 2 amide bonds. The van der Waals surface area contributed by atoms with Crippen LogP contribution in [0.2, 0.25) is 0 Å². The highest BCUT2D eigenvalue weighted by molar-refractivity contribution is 6.03. The zero-order valence-corrected chi connectivity index (χ0v) is 19.0. The molecule has 0 atom stereocenters. The van der Waals surface area contributed by atoms with Crippen LogP contribution in [0.5, 0.6) is 23.0 Å². The molecule has 0 heterocycles. The maximum Gasteiger partial charge on any atom is 0.303 e. The van der Waals surface area contributed by atoms with E-state index in [1.165, 1.54) is 47.5 Å². The third kappa shape index (κ3) is 7.17. The molecule has 0 aliphatic carbocycles. The number of carbonyl (C=O) groups is 3. The maximum absolute atomic E-state index is 12.5. The van der Waals surface area contributed by atoms with Crippen LogP contribution < -0.4 is 29.6 Å². The van der Waals surface area contributed by atoms with Crippen molar-refractivity contribution in [2.24, 2.45) is 0 Å². The van der Waals surface area contributed by atoms with Crippen molar-refractivity contribution in [3.63, 3.8) is 0 Å². The third-order valence-corrected chi connectivity index (χ3v) is 4.30. The van der Waals surface area contributed by atoms with E-state index >= 15 is 0 Å². The second-order valence-corrected chi connectivity index (χ2v) is 6.51. The van der Waals surface area contributed by atoms with Gasteiger partial charge in [-0.05, 0) is 24.3 Å². The first-order chi connectivity index (χ1) is 15.8. The van der Waals surface area contributed by atoms with Gasteiger partial charge in [-0.25, -0.2) is 0 Å². The molecular formula is C23H26N2O8. The van der Waals surface area contributed by atoms with Gasteiger partial charge in [-0.1, -0.05) is 0 Å². The quantitative estimate of drug-likeness (QED) is 0.412. The lowest BCUT2D eigenvalue weighted by molar-refractivity contribution is -0.144. The van der Waals surface area contributed by atoms with Crippen molar-refractivity contribution < 1.29 is 38.1 Å². The second-order valence-electron chi connectivity index (χ2n) is 6.51. The van der Waals surface area contributed by atoms with E-state index in [0.29, 0.717) is 39.9 Å². The van der Waals surface area contributed by atoms with Crippen LogP contribution in [0.15, 0.2) is 36.4 Å². The molecule has 10 nitrogen and oxygen atoms in total. The van der Waals surface area contributed by atoms with E-state index in [4.69, 9.17) is 18.9 Å². The molecule has 2 rings (SSSR count). The van der Waals surface area contributed by atoms with Crippen LogP contribution in [0.1, 0.15) is 12.5 Å². The Labute approximate surface area is 191 Å². The van der Waals surface area contributed by atoms with Crippen LogP contribution in [0, 0.1) is 0 Å². The third-order valence-electron chi connectivity index (χ3n) is 4.30. The molecule has 176 valence electrons. The fourth-order valence-corrected chi connectivity index (χ4v) is 2.78. The SMILES string of the molecule is COc1cc(OC)c(/C=C/C(=O)Nc2ccc(OC)c(NC(=O)COC(C)=O)c2)c(OC)c1. The van der Waals surface area contributed by atoms with E-state index in [9.17, 15) is 14.4 Å². The number of amides is 2. The summed E-state index contributed by atoms with van der Waals surface area (Å²) in [6.45, 7) is 0.762. The maximum atomic E-state index is 12.5. The normalized spacial score (nSPS) is 10.3. The zero-order valence-electron chi connectivity index (χ0n) is 19.0. The van der Waals surface area contributed by atoms with E-state index < -0.39 is 24.4 Å². The summed E-state index contributed by atoms with van der Waals surface area (Å²) in [5, 5.41) is 5.27. The molecule has 0 saturated carbocycles. The van der Waals surface area contributed by atoms with E-state index in [2.05, 4.69) is 15.4 Å². The van der Waals surface area contributed by atoms with E-state index in [1.807, 2.05) is 0 Å². The van der Waals surface area contributed by atoms with Crippen LogP contribution >= 0.6 is 0 Å². The molecule has 0 aliphatic rings. The molecular weight excluding hydrogens is 432 g/mol. The smallest absolute Gasteiger partial charge is 0.303 e. The number of rotatable bonds is 10. The van der Waals surface area contributed by atoms with E-state index in [1.54, 1.807) is 30.3 Å². The second kappa shape index (κ2) is 12.0. The summed E-state index contributed by atoms with van der Waals surface area (Å²) in [5.41, 5.74) is 1.26. The molecule has 2 N–H and O–H groups in total. The first-order valence-corrected chi connectivity index (χ1v) is 9.71. The summed E-state index contributed by atoms with van der Waals surface area (Å²) in [4.78, 5) is 35.3. The highest BCUT2D eigenvalue weighted by atomic mass is 16.5. The number of carbonyl (C=O) groups excluding carboxylic acids is 3. The van der Waals surface area contributed by atoms with Crippen molar-refractivity contribution in [2.75, 3.05) is 45.7 Å². The van der Waals surface area contributed by atoms with Crippen LogP contribution in [-0.4, -0.2) is 52.8 Å². The monoisotopic (exact) mass is 458 g/mol. The molecule has 0 spiro atoms. The fraction of sp³-hybridized carbons (Fsp3) is 0.261. The first kappa shape index (κ1) is 25.1. The molecule has 33 heavy (non-hydrogen) atoms. The number of anilines is 2. The van der Waals surface area contributed by atoms with E-state index in [0.717, 1.165) is 0 Å². The zero-order chi connectivity index (χ0) is 24.4. The van der Waals surface area contributed by atoms with Gasteiger partial charge in [-0.15, -0.1) is 0 Å². The minimum absolute atomic E-state index is 0.301. The number of nitrogens with one attached hydrogen (secondary N) is 2. The molecule has 0 aliphatic heterocycles. The van der Waals surface area contributed by atoms with Crippen molar-refractivity contribution >= 4 is 35.2 Å². The number of hydrogen-bond acceptors (Lipinski definition) is 8. The molecule has 0 radical (unpaired) electrons. The summed E-state index contributed by atoms with van der Waals surface area (Å²) < 4.78 is 25.8. The van der Waals surface area contributed by atoms with Gasteiger partial charge in [0.2, 0.25) is 5.91 Å². The molecule has 0 unspecified atom stereocenters. The number of esters is 1. The van der Waals surface area contributed by atoms with Crippen LogP contribution in [0.3, 0.4) is 0 Å². The minimum Gasteiger partial charge on any atom is -0.496 e. The van der Waals surface area contributed by atoms with Crippen LogP contribution in [0.4, 0.5) is 11.4 Å². The van der Waals surface area contributed by atoms with Gasteiger partial charge in [0, 0.05) is 30.8 Å². The van der Waals surface area contributed by atoms with Gasteiger partial charge in [0.15, 0.2) is 6.61 Å². The van der Waals surface area contributed by atoms with Gasteiger partial charge >= 0.3 is 5.97 Å². The molecule has 0 aromatic heterocycles. The highest BCUT2D eigenvalue weighted by Crippen LogP contribution is 2.35. The Morgan fingerprint density at radius 3 is 2.03 bits per heavy atom. The number of benzene rings is 2. The van der Waals surface area contributed by atoms with Crippen LogP contribution in [0.25, 0.3) is 6.08 Å². The van der Waals surface area contributed by atoms with E-state index in [-0.39, 0.29) is 0 Å². The predicted molar refractivity (Wildman–Crippen MR) is 122 cm³/mol. The lowest BCUT2D eigenvalue weighted by Crippen LogP contribution is -2.20. The summed E-state index contributed by atoms with van der Waals surface area (Å²) in [7, 11) is 5.97. The molecule has 0 saturated heterocycles. The van der Waals surface area contributed by atoms with Crippen LogP contribution in [-0.2, 0) is 19.1 Å². The average molecular weight is 458 g/mol. The Bertz CT molecular complexity index is 1020. The van der Waals surface area contributed by atoms with Crippen molar-refractivity contribution in [2.45, 2.75) is 6.92 Å². The summed E-state index contributed by atoms with van der Waals surface area (Å²) in [6.07, 6.45) is 2.87. The topological polar surface area (TPSA) is 121 Å². The lowest BCUT2D eigenvalue weighted by Gasteiger charge is -2.13. The van der Waals surface area contributed by atoms with Crippen molar-refractivity contribution in [3.8, 4) is 23.0 Å². The van der Waals surface area contributed by atoms with Gasteiger partial charge in [-0.3, -0.25) is 14.4 Å². The molecule has 10 heteroatoms. The Morgan fingerprint density at radius 1 is 0.848 bits per heavy atom.